The molecule has 8 fully saturated rings. The van der Waals surface area contributed by atoms with E-state index in [0.29, 0.717) is 38.5 Å². The van der Waals surface area contributed by atoms with Gasteiger partial charge in [-0.3, -0.25) is 9.59 Å². The first-order chi connectivity index (χ1) is 27.3. The third-order valence-corrected chi connectivity index (χ3v) is 13.9. The molecule has 58 heavy (non-hydrogen) atoms. The summed E-state index contributed by atoms with van der Waals surface area (Å²) >= 11 is 0. The highest BCUT2D eigenvalue weighted by Crippen LogP contribution is 2.63. The summed E-state index contributed by atoms with van der Waals surface area (Å²) in [5, 5.41) is 5.02. The van der Waals surface area contributed by atoms with Crippen LogP contribution in [-0.2, 0) is 38.5 Å². The number of carbonyl (C=O) groups is 2. The minimum atomic E-state index is -4.94. The fourth-order valence-electron chi connectivity index (χ4n) is 11.1. The Hall–Kier alpha value is -3.49. The molecule has 4 bridgehead atoms. The summed E-state index contributed by atoms with van der Waals surface area (Å²) in [6, 6.07) is 3.85. The molecule has 12 atom stereocenters. The number of ether oxygens (including phenoxy) is 4. The van der Waals surface area contributed by atoms with Gasteiger partial charge in [0.15, 0.2) is 11.2 Å². The first-order valence-electron chi connectivity index (χ1n) is 19.8. The average molecular weight is 830 g/mol. The van der Waals surface area contributed by atoms with Crippen LogP contribution < -0.4 is 10.6 Å². The summed E-state index contributed by atoms with van der Waals surface area (Å²) in [6.45, 7) is 6.00. The molecule has 1 aromatic rings. The third-order valence-electron chi connectivity index (χ3n) is 13.9. The van der Waals surface area contributed by atoms with Crippen molar-refractivity contribution in [1.82, 2.24) is 15.6 Å². The molecule has 0 unspecified atom stereocenters. The van der Waals surface area contributed by atoms with E-state index in [2.05, 4.69) is 15.6 Å². The van der Waals surface area contributed by atoms with E-state index in [1.165, 1.54) is 18.2 Å². The first kappa shape index (κ1) is 39.9. The van der Waals surface area contributed by atoms with Gasteiger partial charge in [-0.05, 0) is 76.3 Å². The van der Waals surface area contributed by atoms with Crippen LogP contribution in [0.15, 0.2) is 40.9 Å². The minimum absolute atomic E-state index is 0.0602. The molecule has 10 aliphatic rings. The SMILES string of the molecule is C[C@@H]1CC[C@H]2C(CNC(=O)c3cccc(C(=O)NCC4=C(C(F)(F)F)O[C@@H]5O[C@@]6(C)CC[C@H]7[C@H](C)CC[C@@H]4[C@@]57OO6)n3)=C(C(F)(F)F)O[C@@H]3O[C@@]4(C)CC[C@@H]1[C@]32OO4. The lowest BCUT2D eigenvalue weighted by molar-refractivity contribution is -0.557. The van der Waals surface area contributed by atoms with Crippen molar-refractivity contribution in [2.45, 2.75) is 127 Å². The Kier molecular flexibility index (Phi) is 9.30. The molecule has 8 aliphatic heterocycles. The fourth-order valence-corrected chi connectivity index (χ4v) is 11.1. The highest BCUT2D eigenvalue weighted by Gasteiger charge is 2.72. The van der Waals surface area contributed by atoms with Crippen molar-refractivity contribution in [3.8, 4) is 0 Å². The van der Waals surface area contributed by atoms with E-state index in [0.717, 1.165) is 0 Å². The molecule has 2 N–H and O–H groups in total. The predicted octanol–water partition coefficient (Wildman–Crippen LogP) is 6.67. The predicted molar refractivity (Wildman–Crippen MR) is 183 cm³/mol. The molecule has 1 aromatic heterocycles. The third kappa shape index (κ3) is 6.15. The number of nitrogens with zero attached hydrogens (tertiary/aromatic N) is 1. The van der Waals surface area contributed by atoms with Crippen molar-refractivity contribution in [1.29, 1.82) is 0 Å². The van der Waals surface area contributed by atoms with Gasteiger partial charge >= 0.3 is 12.4 Å². The van der Waals surface area contributed by atoms with Gasteiger partial charge in [0.05, 0.1) is 0 Å². The Bertz CT molecular complexity index is 1810. The number of rotatable bonds is 6. The van der Waals surface area contributed by atoms with Gasteiger partial charge in [0.25, 0.3) is 11.8 Å². The van der Waals surface area contributed by atoms with Crippen LogP contribution in [0.2, 0.25) is 0 Å². The summed E-state index contributed by atoms with van der Waals surface area (Å²) in [5.41, 5.74) is -3.88. The van der Waals surface area contributed by atoms with Gasteiger partial charge in [0, 0.05) is 60.7 Å². The fraction of sp³-hybridized carbons (Fsp3) is 0.718. The first-order valence-corrected chi connectivity index (χ1v) is 19.8. The highest BCUT2D eigenvalue weighted by atomic mass is 19.4. The van der Waals surface area contributed by atoms with E-state index in [1.807, 2.05) is 13.8 Å². The summed E-state index contributed by atoms with van der Waals surface area (Å²) in [7, 11) is 0. The molecule has 2 aliphatic carbocycles. The van der Waals surface area contributed by atoms with Gasteiger partial charge in [-0.1, -0.05) is 19.9 Å². The van der Waals surface area contributed by atoms with Crippen molar-refractivity contribution >= 4 is 11.8 Å². The molecule has 9 heterocycles. The van der Waals surface area contributed by atoms with Gasteiger partial charge < -0.3 is 29.6 Å². The molecule has 19 heteroatoms. The Labute approximate surface area is 329 Å². The number of hydrogen-bond acceptors (Lipinski definition) is 11. The van der Waals surface area contributed by atoms with Gasteiger partial charge in [0.2, 0.25) is 35.7 Å². The molecular formula is C39H45F6N3O10. The maximum absolute atomic E-state index is 14.6. The van der Waals surface area contributed by atoms with E-state index in [-0.39, 0.29) is 59.0 Å². The lowest BCUT2D eigenvalue weighted by Crippen LogP contribution is -2.67. The molecule has 6 saturated heterocycles. The summed E-state index contributed by atoms with van der Waals surface area (Å²) in [4.78, 5) is 54.5. The van der Waals surface area contributed by atoms with E-state index >= 15 is 0 Å². The molecular weight excluding hydrogens is 784 g/mol. The van der Waals surface area contributed by atoms with Crippen LogP contribution in [0, 0.1) is 35.5 Å². The summed E-state index contributed by atoms with van der Waals surface area (Å²) in [6.07, 6.45) is -9.02. The van der Waals surface area contributed by atoms with Crippen LogP contribution >= 0.6 is 0 Å². The van der Waals surface area contributed by atoms with Gasteiger partial charge in [-0.15, -0.1) is 0 Å². The molecule has 2 spiro atoms. The number of hydrogen-bond donors (Lipinski definition) is 2. The van der Waals surface area contributed by atoms with Crippen LogP contribution in [0.25, 0.3) is 0 Å². The Morgan fingerprint density at radius 2 is 1.09 bits per heavy atom. The number of carbonyl (C=O) groups excluding carboxylic acids is 2. The molecule has 2 saturated carbocycles. The number of alkyl halides is 6. The van der Waals surface area contributed by atoms with Crippen LogP contribution in [-0.4, -0.2) is 77.6 Å². The average Bonchev–Trinajstić information content (AvgIpc) is 3.55. The second-order valence-electron chi connectivity index (χ2n) is 17.4. The van der Waals surface area contributed by atoms with Crippen molar-refractivity contribution < 1.29 is 74.4 Å². The van der Waals surface area contributed by atoms with Gasteiger partial charge in [-0.2, -0.15) is 26.3 Å². The normalized spacial score (nSPS) is 41.7. The molecule has 2 amide bonds. The van der Waals surface area contributed by atoms with Gasteiger partial charge in [-0.25, -0.2) is 24.5 Å². The highest BCUT2D eigenvalue weighted by molar-refractivity contribution is 5.96. The smallest absolute Gasteiger partial charge is 0.449 e. The number of fused-ring (bicyclic) bond motifs is 4. The minimum Gasteiger partial charge on any atom is -0.456 e. The molecule has 0 radical (unpaired) electrons. The maximum Gasteiger partial charge on any atom is 0.449 e. The summed E-state index contributed by atoms with van der Waals surface area (Å²) in [5.74, 6) is -9.11. The monoisotopic (exact) mass is 829 g/mol. The Morgan fingerprint density at radius 1 is 0.672 bits per heavy atom. The van der Waals surface area contributed by atoms with Crippen LogP contribution in [0.3, 0.4) is 0 Å². The van der Waals surface area contributed by atoms with E-state index in [9.17, 15) is 35.9 Å². The quantitative estimate of drug-likeness (QED) is 0.235. The van der Waals surface area contributed by atoms with E-state index in [4.69, 9.17) is 38.5 Å². The van der Waals surface area contributed by atoms with Crippen molar-refractivity contribution in [2.75, 3.05) is 13.1 Å². The number of nitrogens with one attached hydrogen (secondary N) is 2. The number of halogens is 6. The number of pyridine rings is 1. The van der Waals surface area contributed by atoms with Crippen molar-refractivity contribution in [2.24, 2.45) is 35.5 Å². The second-order valence-corrected chi connectivity index (χ2v) is 17.4. The molecule has 0 aromatic carbocycles. The number of allylic oxidation sites excluding steroid dienone is 2. The van der Waals surface area contributed by atoms with E-state index < -0.39 is 96.0 Å². The van der Waals surface area contributed by atoms with Gasteiger partial charge in [0.1, 0.15) is 11.4 Å². The van der Waals surface area contributed by atoms with Crippen LogP contribution in [0.1, 0.15) is 100 Å². The molecule has 11 rings (SSSR count). The van der Waals surface area contributed by atoms with Crippen LogP contribution in [0.5, 0.6) is 0 Å². The largest absolute Gasteiger partial charge is 0.456 e. The standard InChI is InChI=1S/C39H45F6N3O10/c1-18-8-10-24-20(28(38(40,41)42)51-32-36(24)22(18)12-14-34(3,53-32)55-57-36)16-46-30(49)26-6-5-7-27(48-26)31(50)47-17-21-25-11-9-19(2)23-13-15-35(4)54-33(37(23,25)58-56-35)52-29(21)39(43,44)45/h5-7,18-19,22-25,32-33H,8-17H2,1-4H3,(H,46,49)(H,47,50)/t18-,19-,22+,23+,24+,25+,32-,33-,34-,35-,36-,37-/m1/s1. The second kappa shape index (κ2) is 13.5. The lowest BCUT2D eigenvalue weighted by Gasteiger charge is -2.57. The zero-order valence-electron chi connectivity index (χ0n) is 32.2. The van der Waals surface area contributed by atoms with Crippen molar-refractivity contribution in [3.63, 3.8) is 0 Å². The van der Waals surface area contributed by atoms with E-state index in [1.54, 1.807) is 13.8 Å². The topological polar surface area (TPSA) is 145 Å². The zero-order chi connectivity index (χ0) is 41.2. The van der Waals surface area contributed by atoms with Crippen LogP contribution in [0.4, 0.5) is 26.3 Å². The Morgan fingerprint density at radius 3 is 1.48 bits per heavy atom. The Balaban J connectivity index is 0.944. The molecule has 13 nitrogen and oxygen atoms in total. The maximum atomic E-state index is 14.6. The van der Waals surface area contributed by atoms with Crippen molar-refractivity contribution in [3.05, 3.63) is 52.3 Å². The lowest BCUT2D eigenvalue weighted by atomic mass is 9.59. The molecule has 318 valence electrons. The zero-order valence-corrected chi connectivity index (χ0v) is 32.2. The number of amides is 2. The number of aromatic nitrogens is 1. The summed E-state index contributed by atoms with van der Waals surface area (Å²) < 4.78 is 111.